The van der Waals surface area contributed by atoms with Crippen LogP contribution in [0.2, 0.25) is 0 Å². The van der Waals surface area contributed by atoms with E-state index in [1.165, 1.54) is 5.56 Å². The van der Waals surface area contributed by atoms with Crippen LogP contribution in [0.25, 0.3) is 11.5 Å². The molecule has 1 heterocycles. The third-order valence-electron chi connectivity index (χ3n) is 6.31. The lowest BCUT2D eigenvalue weighted by Crippen LogP contribution is -2.37. The van der Waals surface area contributed by atoms with Gasteiger partial charge in [0.05, 0.1) is 19.3 Å². The number of hydrogen-bond donors (Lipinski definition) is 1. The zero-order valence-corrected chi connectivity index (χ0v) is 20.0. The quantitative estimate of drug-likeness (QED) is 0.486. The van der Waals surface area contributed by atoms with Crippen LogP contribution in [-0.2, 0) is 27.3 Å². The van der Waals surface area contributed by atoms with Crippen LogP contribution in [0.15, 0.2) is 28.7 Å². The van der Waals surface area contributed by atoms with Crippen LogP contribution in [0.3, 0.4) is 0 Å². The van der Waals surface area contributed by atoms with Gasteiger partial charge >= 0.3 is 5.97 Å². The van der Waals surface area contributed by atoms with E-state index in [-0.39, 0.29) is 6.10 Å². The van der Waals surface area contributed by atoms with Crippen LogP contribution in [0.5, 0.6) is 0 Å². The van der Waals surface area contributed by atoms with Gasteiger partial charge in [-0.3, -0.25) is 0 Å². The first-order chi connectivity index (χ1) is 15.2. The van der Waals surface area contributed by atoms with E-state index in [1.807, 2.05) is 0 Å². The van der Waals surface area contributed by atoms with Crippen LogP contribution in [0, 0.1) is 5.92 Å². The second kappa shape index (κ2) is 10.6. The lowest BCUT2D eigenvalue weighted by Gasteiger charge is -2.31. The first kappa shape index (κ1) is 24.5. The monoisotopic (exact) mass is 443 g/mol. The van der Waals surface area contributed by atoms with Crippen molar-refractivity contribution in [3.63, 3.8) is 0 Å². The van der Waals surface area contributed by atoms with Gasteiger partial charge in [0.2, 0.25) is 5.89 Å². The highest BCUT2D eigenvalue weighted by Gasteiger charge is 2.31. The van der Waals surface area contributed by atoms with Gasteiger partial charge < -0.3 is 19.0 Å². The maximum absolute atomic E-state index is 11.3. The molecule has 0 saturated heterocycles. The smallest absolute Gasteiger partial charge is 0.335 e. The molecule has 1 fully saturated rings. The summed E-state index contributed by atoms with van der Waals surface area (Å²) in [6, 6.07) is 8.38. The van der Waals surface area contributed by atoms with E-state index < -0.39 is 11.6 Å². The second-order valence-electron chi connectivity index (χ2n) is 9.61. The molecule has 2 atom stereocenters. The molecule has 1 aromatic carbocycles. The zero-order chi connectivity index (χ0) is 23.3. The maximum Gasteiger partial charge on any atom is 0.335 e. The number of benzene rings is 1. The normalized spacial score (nSPS) is 19.4. The molecule has 0 aliphatic heterocycles. The van der Waals surface area contributed by atoms with Crippen molar-refractivity contribution in [2.24, 2.45) is 5.92 Å². The molecular formula is C26H37NO5. The number of rotatable bonds is 10. The van der Waals surface area contributed by atoms with E-state index in [2.05, 4.69) is 45.0 Å². The molecule has 0 spiro atoms. The predicted molar refractivity (Wildman–Crippen MR) is 124 cm³/mol. The summed E-state index contributed by atoms with van der Waals surface area (Å²) in [4.78, 5) is 16.0. The average molecular weight is 444 g/mol. The Morgan fingerprint density at radius 3 is 2.59 bits per heavy atom. The molecule has 1 aliphatic carbocycles. The van der Waals surface area contributed by atoms with Gasteiger partial charge in [-0.15, -0.1) is 0 Å². The molecular weight excluding hydrogens is 406 g/mol. The van der Waals surface area contributed by atoms with E-state index in [9.17, 15) is 9.90 Å². The van der Waals surface area contributed by atoms with Gasteiger partial charge in [0, 0.05) is 12.0 Å². The molecule has 0 amide bonds. The number of carboxylic acid groups (broad SMARTS) is 1. The summed E-state index contributed by atoms with van der Waals surface area (Å²) in [7, 11) is 0. The fourth-order valence-electron chi connectivity index (χ4n) is 4.04. The Morgan fingerprint density at radius 2 is 1.97 bits per heavy atom. The highest BCUT2D eigenvalue weighted by Crippen LogP contribution is 2.30. The molecule has 2 aromatic rings. The molecule has 176 valence electrons. The van der Waals surface area contributed by atoms with Crippen molar-refractivity contribution in [2.45, 2.75) is 91.0 Å². The molecule has 0 radical (unpaired) electrons. The molecule has 0 unspecified atom stereocenters. The predicted octanol–water partition coefficient (Wildman–Crippen LogP) is 5.98. The van der Waals surface area contributed by atoms with Crippen LogP contribution in [-0.4, -0.2) is 34.4 Å². The van der Waals surface area contributed by atoms with E-state index in [1.54, 1.807) is 13.8 Å². The Labute approximate surface area is 191 Å². The van der Waals surface area contributed by atoms with Crippen molar-refractivity contribution in [3.8, 4) is 11.5 Å². The Kier molecular flexibility index (Phi) is 8.12. The lowest BCUT2D eigenvalue weighted by atomic mass is 9.87. The largest absolute Gasteiger partial charge is 0.479 e. The molecule has 0 bridgehead atoms. The summed E-state index contributed by atoms with van der Waals surface area (Å²) in [5.74, 6) is 1.37. The number of aliphatic carboxylic acids is 1. The van der Waals surface area contributed by atoms with Gasteiger partial charge in [0.15, 0.2) is 5.60 Å². The van der Waals surface area contributed by atoms with E-state index >= 15 is 0 Å². The summed E-state index contributed by atoms with van der Waals surface area (Å²) >= 11 is 0. The molecule has 1 saturated carbocycles. The van der Waals surface area contributed by atoms with Crippen molar-refractivity contribution >= 4 is 5.97 Å². The minimum Gasteiger partial charge on any atom is -0.479 e. The van der Waals surface area contributed by atoms with E-state index in [0.717, 1.165) is 49.1 Å². The molecule has 6 heteroatoms. The van der Waals surface area contributed by atoms with Gasteiger partial charge in [-0.05, 0) is 62.6 Å². The van der Waals surface area contributed by atoms with Gasteiger partial charge in [-0.2, -0.15) is 0 Å². The van der Waals surface area contributed by atoms with Gasteiger partial charge in [0.1, 0.15) is 11.5 Å². The zero-order valence-electron chi connectivity index (χ0n) is 20.0. The Hall–Kier alpha value is -2.18. The minimum atomic E-state index is -1.16. The number of aromatic nitrogens is 1. The minimum absolute atomic E-state index is 0.125. The average Bonchev–Trinajstić information content (AvgIpc) is 3.20. The van der Waals surface area contributed by atoms with Crippen LogP contribution >= 0.6 is 0 Å². The molecule has 1 aromatic heterocycles. The van der Waals surface area contributed by atoms with Gasteiger partial charge in [-0.25, -0.2) is 9.78 Å². The molecule has 1 N–H and O–H groups in total. The summed E-state index contributed by atoms with van der Waals surface area (Å²) in [6.45, 7) is 10.5. The number of oxazole rings is 1. The number of nitrogens with zero attached hydrogens (tertiary/aromatic N) is 1. The summed E-state index contributed by atoms with van der Waals surface area (Å²) in [5, 5.41) is 9.24. The number of hydrogen-bond acceptors (Lipinski definition) is 5. The third-order valence-corrected chi connectivity index (χ3v) is 6.31. The van der Waals surface area contributed by atoms with Crippen LogP contribution in [0.4, 0.5) is 0 Å². The highest BCUT2D eigenvalue weighted by atomic mass is 16.5. The molecule has 1 aliphatic rings. The van der Waals surface area contributed by atoms with Crippen molar-refractivity contribution in [1.82, 2.24) is 4.98 Å². The molecule has 32 heavy (non-hydrogen) atoms. The number of carboxylic acids is 1. The third kappa shape index (κ3) is 6.20. The highest BCUT2D eigenvalue weighted by molar-refractivity contribution is 5.76. The SMILES string of the molecule is CCc1oc(-c2ccc(C(C)C)cc2)nc1CO[C@H]1CCC[C@@H](COC(C)(C)C(=O)O)C1. The van der Waals surface area contributed by atoms with Crippen LogP contribution in [0.1, 0.15) is 83.2 Å². The fraction of sp³-hybridized carbons (Fsp3) is 0.615. The second-order valence-corrected chi connectivity index (χ2v) is 9.61. The Balaban J connectivity index is 1.58. The topological polar surface area (TPSA) is 81.8 Å². The lowest BCUT2D eigenvalue weighted by molar-refractivity contribution is -0.163. The van der Waals surface area contributed by atoms with Crippen molar-refractivity contribution in [1.29, 1.82) is 0 Å². The standard InChI is InChI=1S/C26H37NO5/c1-6-23-22(27-24(32-23)20-12-10-19(11-13-20)17(2)3)16-30-21-9-7-8-18(14-21)15-31-26(4,5)25(28)29/h10-13,17-18,21H,6-9,14-16H2,1-5H3,(H,28,29)/t18-,21+/m1/s1. The van der Waals surface area contributed by atoms with E-state index in [0.29, 0.717) is 30.9 Å². The van der Waals surface area contributed by atoms with Gasteiger partial charge in [-0.1, -0.05) is 39.3 Å². The summed E-state index contributed by atoms with van der Waals surface area (Å²) < 4.78 is 17.9. The number of aryl methyl sites for hydroxylation is 1. The number of carbonyl (C=O) groups is 1. The summed E-state index contributed by atoms with van der Waals surface area (Å²) in [5.41, 5.74) is 1.98. The van der Waals surface area contributed by atoms with Crippen molar-refractivity contribution in [2.75, 3.05) is 6.61 Å². The first-order valence-electron chi connectivity index (χ1n) is 11.8. The van der Waals surface area contributed by atoms with Gasteiger partial charge in [0.25, 0.3) is 0 Å². The van der Waals surface area contributed by atoms with Crippen LogP contribution < -0.4 is 0 Å². The van der Waals surface area contributed by atoms with E-state index in [4.69, 9.17) is 18.9 Å². The first-order valence-corrected chi connectivity index (χ1v) is 11.8. The van der Waals surface area contributed by atoms with Crippen molar-refractivity contribution < 1.29 is 23.8 Å². The maximum atomic E-state index is 11.3. The number of ether oxygens (including phenoxy) is 2. The van der Waals surface area contributed by atoms with Crippen molar-refractivity contribution in [3.05, 3.63) is 41.3 Å². The Bertz CT molecular complexity index is 884. The molecule has 3 rings (SSSR count). The molecule has 6 nitrogen and oxygen atoms in total. The fourth-order valence-corrected chi connectivity index (χ4v) is 4.04. The summed E-state index contributed by atoms with van der Waals surface area (Å²) in [6.07, 6.45) is 4.86. The Morgan fingerprint density at radius 1 is 1.25 bits per heavy atom.